The number of hydrogen-bond acceptors (Lipinski definition) is 6. The van der Waals surface area contributed by atoms with E-state index in [-0.39, 0.29) is 11.6 Å². The van der Waals surface area contributed by atoms with Crippen molar-refractivity contribution in [1.29, 1.82) is 0 Å². The number of imide groups is 1. The van der Waals surface area contributed by atoms with Gasteiger partial charge in [0.05, 0.1) is 11.6 Å². The number of esters is 1. The van der Waals surface area contributed by atoms with Crippen molar-refractivity contribution in [1.82, 2.24) is 10.2 Å². The second-order valence-electron chi connectivity index (χ2n) is 6.96. The summed E-state index contributed by atoms with van der Waals surface area (Å²) in [7, 11) is 0. The van der Waals surface area contributed by atoms with E-state index in [2.05, 4.69) is 10.6 Å². The number of nitrogens with zero attached hydrogens (tertiary/aromatic N) is 1. The maximum atomic E-state index is 13.0. The molecule has 2 heterocycles. The summed E-state index contributed by atoms with van der Waals surface area (Å²) in [4.78, 5) is 51.1. The smallest absolute Gasteiger partial charge is 0.348 e. The number of anilines is 1. The molecule has 1 aliphatic rings. The van der Waals surface area contributed by atoms with Crippen molar-refractivity contribution < 1.29 is 23.9 Å². The van der Waals surface area contributed by atoms with Gasteiger partial charge in [-0.25, -0.2) is 9.59 Å². The van der Waals surface area contributed by atoms with Crippen LogP contribution in [0.4, 0.5) is 9.80 Å². The minimum absolute atomic E-state index is 0.218. The fraction of sp³-hybridized carbons (Fsp3) is 0.300. The van der Waals surface area contributed by atoms with Crippen LogP contribution in [0.15, 0.2) is 24.3 Å². The molecule has 2 N–H and O–H groups in total. The van der Waals surface area contributed by atoms with Crippen LogP contribution in [-0.2, 0) is 19.9 Å². The fourth-order valence-electron chi connectivity index (χ4n) is 3.18. The summed E-state index contributed by atoms with van der Waals surface area (Å²) in [6.45, 7) is 4.66. The van der Waals surface area contributed by atoms with Gasteiger partial charge in [-0.15, -0.1) is 11.3 Å². The van der Waals surface area contributed by atoms with E-state index in [9.17, 15) is 19.2 Å². The average molecular weight is 484 g/mol. The number of urea groups is 1. The SMILES string of the molecule is CCOC(=O)c1sc(NC(=O)CN2C(=O)NC(C)(c3ccc(Cl)cc3Cl)C2=O)cc1C. The van der Waals surface area contributed by atoms with Gasteiger partial charge in [0.15, 0.2) is 0 Å². The Labute approximate surface area is 192 Å². The molecule has 0 radical (unpaired) electrons. The average Bonchev–Trinajstić information content (AvgIpc) is 3.14. The molecule has 4 amide bonds. The topological polar surface area (TPSA) is 105 Å². The second-order valence-corrected chi connectivity index (χ2v) is 8.86. The molecule has 1 unspecified atom stereocenters. The monoisotopic (exact) mass is 483 g/mol. The van der Waals surface area contributed by atoms with Crippen LogP contribution in [0.1, 0.15) is 34.6 Å². The molecule has 8 nitrogen and oxygen atoms in total. The van der Waals surface area contributed by atoms with Crippen molar-refractivity contribution in [2.75, 3.05) is 18.5 Å². The first-order valence-corrected chi connectivity index (χ1v) is 10.8. The summed E-state index contributed by atoms with van der Waals surface area (Å²) < 4.78 is 4.98. The maximum Gasteiger partial charge on any atom is 0.348 e. The molecule has 0 saturated carbocycles. The summed E-state index contributed by atoms with van der Waals surface area (Å²) in [6, 6.07) is 5.49. The van der Waals surface area contributed by atoms with Gasteiger partial charge < -0.3 is 15.4 Å². The third-order valence-corrected chi connectivity index (χ3v) is 6.37. The number of hydrogen-bond donors (Lipinski definition) is 2. The zero-order chi connectivity index (χ0) is 22.9. The number of halogens is 2. The molecule has 1 aliphatic heterocycles. The standard InChI is InChI=1S/C20H19Cl2N3O5S/c1-4-30-17(27)16-10(2)7-15(31-16)23-14(26)9-25-18(28)20(3,24-19(25)29)12-6-5-11(21)8-13(12)22/h5-8H,4,9H2,1-3H3,(H,23,26)(H,24,29). The lowest BCUT2D eigenvalue weighted by Gasteiger charge is -2.23. The molecule has 3 rings (SSSR count). The molecule has 0 aliphatic carbocycles. The van der Waals surface area contributed by atoms with Crippen LogP contribution in [0, 0.1) is 6.92 Å². The summed E-state index contributed by atoms with van der Waals surface area (Å²) >= 11 is 13.2. The molecular formula is C20H19Cl2N3O5S. The number of thiophene rings is 1. The normalized spacial score (nSPS) is 18.2. The lowest BCUT2D eigenvalue weighted by molar-refractivity contribution is -0.133. The number of ether oxygens (including phenoxy) is 1. The minimum Gasteiger partial charge on any atom is -0.462 e. The molecule has 1 aromatic heterocycles. The number of amides is 4. The highest BCUT2D eigenvalue weighted by Crippen LogP contribution is 2.35. The second kappa shape index (κ2) is 8.86. The quantitative estimate of drug-likeness (QED) is 0.478. The van der Waals surface area contributed by atoms with E-state index in [4.69, 9.17) is 27.9 Å². The number of aryl methyl sites for hydroxylation is 1. The van der Waals surface area contributed by atoms with E-state index in [0.29, 0.717) is 26.0 Å². The summed E-state index contributed by atoms with van der Waals surface area (Å²) in [5.41, 5.74) is -0.415. The van der Waals surface area contributed by atoms with Crippen LogP contribution >= 0.6 is 34.5 Å². The van der Waals surface area contributed by atoms with Crippen LogP contribution in [0.5, 0.6) is 0 Å². The summed E-state index contributed by atoms with van der Waals surface area (Å²) in [6.07, 6.45) is 0. The van der Waals surface area contributed by atoms with Gasteiger partial charge in [0.2, 0.25) is 5.91 Å². The molecular weight excluding hydrogens is 465 g/mol. The Bertz CT molecular complexity index is 1090. The Kier molecular flexibility index (Phi) is 6.59. The van der Waals surface area contributed by atoms with E-state index in [1.54, 1.807) is 32.0 Å². The predicted octanol–water partition coefficient (Wildman–Crippen LogP) is 3.95. The Morgan fingerprint density at radius 1 is 1.26 bits per heavy atom. The predicted molar refractivity (Wildman–Crippen MR) is 118 cm³/mol. The zero-order valence-corrected chi connectivity index (χ0v) is 19.2. The Morgan fingerprint density at radius 3 is 2.61 bits per heavy atom. The molecule has 2 aromatic rings. The van der Waals surface area contributed by atoms with E-state index in [1.807, 2.05) is 0 Å². The molecule has 164 valence electrons. The number of carbonyl (C=O) groups is 4. The maximum absolute atomic E-state index is 13.0. The van der Waals surface area contributed by atoms with Crippen molar-refractivity contribution in [3.8, 4) is 0 Å². The first-order valence-electron chi connectivity index (χ1n) is 9.23. The van der Waals surface area contributed by atoms with Gasteiger partial charge in [-0.05, 0) is 44.5 Å². The van der Waals surface area contributed by atoms with Crippen LogP contribution < -0.4 is 10.6 Å². The molecule has 1 fully saturated rings. The van der Waals surface area contributed by atoms with Crippen LogP contribution in [0.3, 0.4) is 0 Å². The molecule has 1 atom stereocenters. The summed E-state index contributed by atoms with van der Waals surface area (Å²) in [5, 5.41) is 6.21. The van der Waals surface area contributed by atoms with Crippen molar-refractivity contribution >= 4 is 63.4 Å². The summed E-state index contributed by atoms with van der Waals surface area (Å²) in [5.74, 6) is -1.69. The highest BCUT2D eigenvalue weighted by atomic mass is 35.5. The minimum atomic E-state index is -1.43. The number of rotatable bonds is 6. The lowest BCUT2D eigenvalue weighted by atomic mass is 9.92. The van der Waals surface area contributed by atoms with Gasteiger partial charge in [-0.3, -0.25) is 14.5 Å². The molecule has 1 saturated heterocycles. The van der Waals surface area contributed by atoms with Gasteiger partial charge in [0.1, 0.15) is 17.0 Å². The van der Waals surface area contributed by atoms with Crippen molar-refractivity contribution in [3.63, 3.8) is 0 Å². The molecule has 11 heteroatoms. The van der Waals surface area contributed by atoms with Gasteiger partial charge in [0.25, 0.3) is 5.91 Å². The largest absolute Gasteiger partial charge is 0.462 e. The van der Waals surface area contributed by atoms with Gasteiger partial charge in [-0.1, -0.05) is 29.3 Å². The molecule has 31 heavy (non-hydrogen) atoms. The molecule has 0 spiro atoms. The third kappa shape index (κ3) is 4.53. The highest BCUT2D eigenvalue weighted by Gasteiger charge is 2.50. The zero-order valence-electron chi connectivity index (χ0n) is 16.9. The first-order chi connectivity index (χ1) is 14.6. The Hall–Kier alpha value is -2.62. The highest BCUT2D eigenvalue weighted by molar-refractivity contribution is 7.18. The van der Waals surface area contributed by atoms with E-state index in [0.717, 1.165) is 16.2 Å². The number of carbonyl (C=O) groups excluding carboxylic acids is 4. The lowest BCUT2D eigenvalue weighted by Crippen LogP contribution is -2.42. The Balaban J connectivity index is 1.74. The van der Waals surface area contributed by atoms with Crippen LogP contribution in [0.25, 0.3) is 0 Å². The van der Waals surface area contributed by atoms with Crippen LogP contribution in [-0.4, -0.2) is 41.9 Å². The van der Waals surface area contributed by atoms with E-state index in [1.165, 1.54) is 13.0 Å². The van der Waals surface area contributed by atoms with E-state index < -0.39 is 35.9 Å². The number of benzene rings is 1. The third-order valence-electron chi connectivity index (χ3n) is 4.69. The van der Waals surface area contributed by atoms with Crippen LogP contribution in [0.2, 0.25) is 10.0 Å². The van der Waals surface area contributed by atoms with Crippen molar-refractivity contribution in [2.24, 2.45) is 0 Å². The Morgan fingerprint density at radius 2 is 1.97 bits per heavy atom. The first kappa shape index (κ1) is 23.1. The van der Waals surface area contributed by atoms with Crippen molar-refractivity contribution in [3.05, 3.63) is 50.3 Å². The van der Waals surface area contributed by atoms with Crippen molar-refractivity contribution in [2.45, 2.75) is 26.3 Å². The van der Waals surface area contributed by atoms with E-state index >= 15 is 0 Å². The van der Waals surface area contributed by atoms with Gasteiger partial charge in [-0.2, -0.15) is 0 Å². The molecule has 1 aromatic carbocycles. The number of nitrogens with one attached hydrogen (secondary N) is 2. The molecule has 0 bridgehead atoms. The van der Waals surface area contributed by atoms with Gasteiger partial charge >= 0.3 is 12.0 Å². The fourth-order valence-corrected chi connectivity index (χ4v) is 4.76. The van der Waals surface area contributed by atoms with Gasteiger partial charge in [0, 0.05) is 15.6 Å².